The van der Waals surface area contributed by atoms with Gasteiger partial charge in [0.15, 0.2) is 0 Å². The molecule has 0 amide bonds. The van der Waals surface area contributed by atoms with Gasteiger partial charge in [-0.05, 0) is 39.1 Å². The largest absolute Gasteiger partial charge is 0.329 e. The molecule has 0 rings (SSSR count). The molecule has 0 saturated carbocycles. The number of likely N-dealkylation sites (N-methyl/N-ethyl adjacent to an activating group) is 2. The van der Waals surface area contributed by atoms with Gasteiger partial charge < -0.3 is 15.5 Å². The Morgan fingerprint density at radius 1 is 1.20 bits per heavy atom. The van der Waals surface area contributed by atoms with Gasteiger partial charge in [0.05, 0.1) is 0 Å². The van der Waals surface area contributed by atoms with Crippen molar-refractivity contribution in [3.05, 3.63) is 0 Å². The Bertz CT molecular complexity index is 142. The predicted molar refractivity (Wildman–Crippen MR) is 71.6 cm³/mol. The minimum absolute atomic E-state index is 0.545. The van der Waals surface area contributed by atoms with E-state index in [9.17, 15) is 0 Å². The average Bonchev–Trinajstić information content (AvgIpc) is 2.21. The quantitative estimate of drug-likeness (QED) is 0.601. The van der Waals surface area contributed by atoms with Crippen molar-refractivity contribution >= 4 is 11.8 Å². The lowest BCUT2D eigenvalue weighted by atomic mass is 10.2. The maximum atomic E-state index is 5.80. The van der Waals surface area contributed by atoms with Crippen LogP contribution in [-0.2, 0) is 0 Å². The molecule has 0 radical (unpaired) electrons. The van der Waals surface area contributed by atoms with Crippen molar-refractivity contribution in [2.45, 2.75) is 19.4 Å². The molecule has 0 aliphatic carbocycles. The maximum Gasteiger partial charge on any atom is 0.0223 e. The molecule has 2 N–H and O–H groups in total. The van der Waals surface area contributed by atoms with Gasteiger partial charge in [-0.3, -0.25) is 0 Å². The summed E-state index contributed by atoms with van der Waals surface area (Å²) in [5.41, 5.74) is 5.80. The van der Waals surface area contributed by atoms with Crippen molar-refractivity contribution in [1.29, 1.82) is 0 Å². The fourth-order valence-electron chi connectivity index (χ4n) is 1.42. The first kappa shape index (κ1) is 15.2. The highest BCUT2D eigenvalue weighted by atomic mass is 32.2. The lowest BCUT2D eigenvalue weighted by Crippen LogP contribution is -2.41. The lowest BCUT2D eigenvalue weighted by Gasteiger charge is -2.28. The molecule has 0 aromatic heterocycles. The molecule has 15 heavy (non-hydrogen) atoms. The van der Waals surface area contributed by atoms with Crippen LogP contribution in [0.1, 0.15) is 13.3 Å². The molecule has 0 aliphatic heterocycles. The molecule has 0 heterocycles. The number of hydrogen-bond acceptors (Lipinski definition) is 4. The van der Waals surface area contributed by atoms with Gasteiger partial charge in [0.2, 0.25) is 0 Å². The van der Waals surface area contributed by atoms with Gasteiger partial charge in [-0.2, -0.15) is 11.8 Å². The van der Waals surface area contributed by atoms with Crippen molar-refractivity contribution in [3.8, 4) is 0 Å². The van der Waals surface area contributed by atoms with Crippen molar-refractivity contribution in [2.75, 3.05) is 52.3 Å². The van der Waals surface area contributed by atoms with E-state index in [2.05, 4.69) is 37.9 Å². The molecule has 0 spiro atoms. The fourth-order valence-corrected chi connectivity index (χ4v) is 2.15. The van der Waals surface area contributed by atoms with Gasteiger partial charge in [-0.15, -0.1) is 0 Å². The molecule has 4 heteroatoms. The standard InChI is InChI=1S/C11H27N3S/c1-5-15-9-6-11(10-12)14(4)8-7-13(2)3/h11H,5-10,12H2,1-4H3. The van der Waals surface area contributed by atoms with Crippen LogP contribution in [0.4, 0.5) is 0 Å². The van der Waals surface area contributed by atoms with Gasteiger partial charge in [0.1, 0.15) is 0 Å². The van der Waals surface area contributed by atoms with Crippen LogP contribution in [0, 0.1) is 0 Å². The first-order valence-electron chi connectivity index (χ1n) is 5.74. The minimum Gasteiger partial charge on any atom is -0.329 e. The van der Waals surface area contributed by atoms with Crippen molar-refractivity contribution < 1.29 is 0 Å². The van der Waals surface area contributed by atoms with E-state index in [1.54, 1.807) is 0 Å². The zero-order valence-corrected chi connectivity index (χ0v) is 11.5. The summed E-state index contributed by atoms with van der Waals surface area (Å²) >= 11 is 2.00. The topological polar surface area (TPSA) is 32.5 Å². The van der Waals surface area contributed by atoms with Gasteiger partial charge in [-0.1, -0.05) is 6.92 Å². The summed E-state index contributed by atoms with van der Waals surface area (Å²) in [6.07, 6.45) is 1.21. The van der Waals surface area contributed by atoms with Gasteiger partial charge >= 0.3 is 0 Å². The Morgan fingerprint density at radius 3 is 2.33 bits per heavy atom. The lowest BCUT2D eigenvalue weighted by molar-refractivity contribution is 0.217. The number of thioether (sulfide) groups is 1. The fraction of sp³-hybridized carbons (Fsp3) is 1.00. The molecule has 1 unspecified atom stereocenters. The number of hydrogen-bond donors (Lipinski definition) is 1. The van der Waals surface area contributed by atoms with Crippen LogP contribution in [0.3, 0.4) is 0 Å². The second-order valence-corrected chi connectivity index (χ2v) is 5.55. The van der Waals surface area contributed by atoms with Gasteiger partial charge in [-0.25, -0.2) is 0 Å². The minimum atomic E-state index is 0.545. The third-order valence-electron chi connectivity index (χ3n) is 2.59. The smallest absolute Gasteiger partial charge is 0.0223 e. The molecular formula is C11H27N3S. The monoisotopic (exact) mass is 233 g/mol. The summed E-state index contributed by atoms with van der Waals surface area (Å²) in [5.74, 6) is 2.43. The Hall–Kier alpha value is 0.230. The summed E-state index contributed by atoms with van der Waals surface area (Å²) in [5, 5.41) is 0. The number of rotatable bonds is 9. The number of nitrogens with two attached hydrogens (primary N) is 1. The van der Waals surface area contributed by atoms with E-state index in [-0.39, 0.29) is 0 Å². The van der Waals surface area contributed by atoms with Crippen LogP contribution in [0.2, 0.25) is 0 Å². The SMILES string of the molecule is CCSCCC(CN)N(C)CCN(C)C. The second kappa shape index (κ2) is 9.46. The van der Waals surface area contributed by atoms with E-state index >= 15 is 0 Å². The summed E-state index contributed by atoms with van der Waals surface area (Å²) in [6.45, 7) is 5.19. The van der Waals surface area contributed by atoms with Crippen LogP contribution in [0.5, 0.6) is 0 Å². The highest BCUT2D eigenvalue weighted by Crippen LogP contribution is 2.07. The molecule has 0 aromatic rings. The van der Waals surface area contributed by atoms with Gasteiger partial charge in [0.25, 0.3) is 0 Å². The summed E-state index contributed by atoms with van der Waals surface area (Å²) in [7, 11) is 6.40. The van der Waals surface area contributed by atoms with E-state index in [4.69, 9.17) is 5.73 Å². The molecular weight excluding hydrogens is 206 g/mol. The molecule has 0 saturated heterocycles. The Labute approximate surface area is 99.4 Å². The molecule has 0 bridgehead atoms. The molecule has 0 aliphatic rings. The van der Waals surface area contributed by atoms with Crippen LogP contribution < -0.4 is 5.73 Å². The highest BCUT2D eigenvalue weighted by Gasteiger charge is 2.12. The summed E-state index contributed by atoms with van der Waals surface area (Å²) < 4.78 is 0. The zero-order chi connectivity index (χ0) is 11.7. The second-order valence-electron chi connectivity index (χ2n) is 4.16. The summed E-state index contributed by atoms with van der Waals surface area (Å²) in [4.78, 5) is 4.60. The van der Waals surface area contributed by atoms with Crippen LogP contribution in [0.25, 0.3) is 0 Å². The normalized spacial score (nSPS) is 13.8. The molecule has 1 atom stereocenters. The number of nitrogens with zero attached hydrogens (tertiary/aromatic N) is 2. The Kier molecular flexibility index (Phi) is 9.60. The van der Waals surface area contributed by atoms with Crippen LogP contribution >= 0.6 is 11.8 Å². The van der Waals surface area contributed by atoms with E-state index < -0.39 is 0 Å². The van der Waals surface area contributed by atoms with Gasteiger partial charge in [0, 0.05) is 25.7 Å². The Morgan fingerprint density at radius 2 is 1.87 bits per heavy atom. The van der Waals surface area contributed by atoms with E-state index in [1.165, 1.54) is 17.9 Å². The van der Waals surface area contributed by atoms with Crippen LogP contribution in [0.15, 0.2) is 0 Å². The third kappa shape index (κ3) is 8.08. The average molecular weight is 233 g/mol. The molecule has 0 aromatic carbocycles. The van der Waals surface area contributed by atoms with Crippen LogP contribution in [-0.4, -0.2) is 68.1 Å². The first-order valence-corrected chi connectivity index (χ1v) is 6.90. The maximum absolute atomic E-state index is 5.80. The summed E-state index contributed by atoms with van der Waals surface area (Å²) in [6, 6.07) is 0.545. The Balaban J connectivity index is 3.72. The first-order chi connectivity index (χ1) is 7.11. The highest BCUT2D eigenvalue weighted by molar-refractivity contribution is 7.99. The van der Waals surface area contributed by atoms with E-state index in [0.29, 0.717) is 6.04 Å². The predicted octanol–water partition coefficient (Wildman–Crippen LogP) is 0.950. The third-order valence-corrected chi connectivity index (χ3v) is 3.53. The molecule has 3 nitrogen and oxygen atoms in total. The van der Waals surface area contributed by atoms with Crippen molar-refractivity contribution in [2.24, 2.45) is 5.73 Å². The molecule has 92 valence electrons. The van der Waals surface area contributed by atoms with E-state index in [1.807, 2.05) is 11.8 Å². The van der Waals surface area contributed by atoms with Crippen molar-refractivity contribution in [1.82, 2.24) is 9.80 Å². The zero-order valence-electron chi connectivity index (χ0n) is 10.7. The molecule has 0 fully saturated rings. The van der Waals surface area contributed by atoms with E-state index in [0.717, 1.165) is 19.6 Å². The van der Waals surface area contributed by atoms with Crippen molar-refractivity contribution in [3.63, 3.8) is 0 Å².